The Hall–Kier alpha value is -0.940. The molecule has 2 rings (SSSR count). The first-order valence-electron chi connectivity index (χ1n) is 5.14. The van der Waals surface area contributed by atoms with E-state index in [-0.39, 0.29) is 0 Å². The van der Waals surface area contributed by atoms with Gasteiger partial charge in [-0.2, -0.15) is 0 Å². The first-order chi connectivity index (χ1) is 7.78. The van der Waals surface area contributed by atoms with Crippen LogP contribution in [0.3, 0.4) is 0 Å². The van der Waals surface area contributed by atoms with Crippen LogP contribution in [-0.4, -0.2) is 25.9 Å². The molecule has 0 N–H and O–H groups in total. The highest BCUT2D eigenvalue weighted by Gasteiger charge is 2.03. The van der Waals surface area contributed by atoms with Gasteiger partial charge in [0.1, 0.15) is 5.01 Å². The summed E-state index contributed by atoms with van der Waals surface area (Å²) in [5.41, 5.74) is 2.05. The maximum Gasteiger partial charge on any atom is 0.114 e. The lowest BCUT2D eigenvalue weighted by Gasteiger charge is -1.94. The monoisotopic (exact) mass is 256 g/mol. The van der Waals surface area contributed by atoms with Gasteiger partial charge in [0.25, 0.3) is 0 Å². The van der Waals surface area contributed by atoms with Crippen molar-refractivity contribution in [1.82, 2.24) is 20.0 Å². The third-order valence-electron chi connectivity index (χ3n) is 2.12. The number of hydrogen-bond acceptors (Lipinski definition) is 4. The molecular weight excluding hydrogens is 244 g/mol. The van der Waals surface area contributed by atoms with Crippen molar-refractivity contribution >= 4 is 22.9 Å². The van der Waals surface area contributed by atoms with Crippen LogP contribution in [0.2, 0.25) is 0 Å². The zero-order chi connectivity index (χ0) is 11.4. The minimum absolute atomic E-state index is 0.665. The van der Waals surface area contributed by atoms with Crippen molar-refractivity contribution in [3.8, 4) is 0 Å². The number of aromatic nitrogens is 4. The Morgan fingerprint density at radius 1 is 1.50 bits per heavy atom. The Balaban J connectivity index is 1.97. The number of alkyl halides is 1. The number of halogens is 1. The van der Waals surface area contributed by atoms with Crippen LogP contribution < -0.4 is 0 Å². The molecule has 86 valence electrons. The lowest BCUT2D eigenvalue weighted by molar-refractivity contribution is 0.646. The molecule has 6 heteroatoms. The van der Waals surface area contributed by atoms with Gasteiger partial charge in [0.05, 0.1) is 12.2 Å². The summed E-state index contributed by atoms with van der Waals surface area (Å²) in [6, 6.07) is 0. The fourth-order valence-corrected chi connectivity index (χ4v) is 2.29. The van der Waals surface area contributed by atoms with Crippen LogP contribution in [0.25, 0.3) is 0 Å². The second kappa shape index (κ2) is 5.41. The normalized spacial score (nSPS) is 10.9. The minimum Gasteiger partial charge on any atom is -0.245 e. The van der Waals surface area contributed by atoms with Crippen LogP contribution in [0.15, 0.2) is 11.6 Å². The number of aryl methyl sites for hydroxylation is 2. The first kappa shape index (κ1) is 11.5. The van der Waals surface area contributed by atoms with Gasteiger partial charge in [0.2, 0.25) is 0 Å². The predicted molar refractivity (Wildman–Crippen MR) is 65.0 cm³/mol. The van der Waals surface area contributed by atoms with E-state index in [2.05, 4.69) is 15.3 Å². The van der Waals surface area contributed by atoms with Gasteiger partial charge in [-0.3, -0.25) is 0 Å². The lowest BCUT2D eigenvalue weighted by atomic mass is 10.3. The molecule has 0 radical (unpaired) electrons. The molecule has 0 atom stereocenters. The Morgan fingerprint density at radius 2 is 2.38 bits per heavy atom. The smallest absolute Gasteiger partial charge is 0.114 e. The quantitative estimate of drug-likeness (QED) is 0.771. The molecule has 0 aromatic carbocycles. The zero-order valence-electron chi connectivity index (χ0n) is 9.06. The number of thiazole rings is 1. The Morgan fingerprint density at radius 3 is 3.06 bits per heavy atom. The summed E-state index contributed by atoms with van der Waals surface area (Å²) in [4.78, 5) is 4.39. The van der Waals surface area contributed by atoms with Crippen molar-refractivity contribution in [3.05, 3.63) is 28.0 Å². The van der Waals surface area contributed by atoms with E-state index in [1.54, 1.807) is 11.3 Å². The van der Waals surface area contributed by atoms with Crippen LogP contribution in [0.5, 0.6) is 0 Å². The molecule has 2 aromatic heterocycles. The minimum atomic E-state index is 0.665. The summed E-state index contributed by atoms with van der Waals surface area (Å²) in [7, 11) is 0. The van der Waals surface area contributed by atoms with E-state index in [1.807, 2.05) is 23.2 Å². The molecule has 0 saturated heterocycles. The molecule has 0 fully saturated rings. The Kier molecular flexibility index (Phi) is 3.90. The van der Waals surface area contributed by atoms with E-state index < -0.39 is 0 Å². The Labute approximate surface area is 103 Å². The van der Waals surface area contributed by atoms with Gasteiger partial charge in [-0.05, 0) is 19.8 Å². The molecule has 2 heterocycles. The second-order valence-corrected chi connectivity index (χ2v) is 4.90. The van der Waals surface area contributed by atoms with Crippen LogP contribution in [0.4, 0.5) is 0 Å². The summed E-state index contributed by atoms with van der Waals surface area (Å²) in [6.07, 6.45) is 3.79. The van der Waals surface area contributed by atoms with Crippen molar-refractivity contribution in [3.63, 3.8) is 0 Å². The van der Waals surface area contributed by atoms with Gasteiger partial charge in [0.15, 0.2) is 0 Å². The molecule has 0 saturated carbocycles. The van der Waals surface area contributed by atoms with Gasteiger partial charge in [-0.1, -0.05) is 5.21 Å². The van der Waals surface area contributed by atoms with Crippen molar-refractivity contribution in [2.45, 2.75) is 26.3 Å². The maximum absolute atomic E-state index is 5.63. The topological polar surface area (TPSA) is 43.6 Å². The molecule has 16 heavy (non-hydrogen) atoms. The summed E-state index contributed by atoms with van der Waals surface area (Å²) in [5.74, 6) is 0.665. The predicted octanol–water partition coefficient (Wildman–Crippen LogP) is 2.26. The van der Waals surface area contributed by atoms with Crippen LogP contribution in [-0.2, 0) is 13.0 Å². The molecule has 0 aliphatic rings. The molecule has 0 bridgehead atoms. The molecule has 0 spiro atoms. The highest BCUT2D eigenvalue weighted by Crippen LogP contribution is 2.10. The van der Waals surface area contributed by atoms with Crippen LogP contribution in [0.1, 0.15) is 22.8 Å². The maximum atomic E-state index is 5.63. The van der Waals surface area contributed by atoms with Crippen molar-refractivity contribution in [2.75, 3.05) is 5.88 Å². The fourth-order valence-electron chi connectivity index (χ4n) is 1.39. The number of hydrogen-bond donors (Lipinski definition) is 0. The molecule has 0 aliphatic carbocycles. The van der Waals surface area contributed by atoms with E-state index in [9.17, 15) is 0 Å². The third-order valence-corrected chi connectivity index (χ3v) is 3.34. The summed E-state index contributed by atoms with van der Waals surface area (Å²) in [5, 5.41) is 11.3. The summed E-state index contributed by atoms with van der Waals surface area (Å²) in [6.45, 7) is 2.69. The molecule has 2 aromatic rings. The van der Waals surface area contributed by atoms with Crippen LogP contribution >= 0.6 is 22.9 Å². The van der Waals surface area contributed by atoms with Crippen molar-refractivity contribution in [2.24, 2.45) is 0 Å². The van der Waals surface area contributed by atoms with Crippen molar-refractivity contribution < 1.29 is 0 Å². The lowest BCUT2D eigenvalue weighted by Crippen LogP contribution is -1.99. The van der Waals surface area contributed by atoms with Crippen LogP contribution in [0, 0.1) is 6.92 Å². The molecular formula is C10H13ClN4S. The zero-order valence-corrected chi connectivity index (χ0v) is 10.6. The standard InChI is InChI=1S/C10H13ClN4S/c1-8-7-16-10(12-8)6-15-5-9(13-14-15)3-2-4-11/h5,7H,2-4,6H2,1H3. The van der Waals surface area contributed by atoms with E-state index in [0.717, 1.165) is 29.2 Å². The van der Waals surface area contributed by atoms with E-state index >= 15 is 0 Å². The first-order valence-corrected chi connectivity index (χ1v) is 6.55. The Bertz CT molecular complexity index is 451. The average Bonchev–Trinajstić information content (AvgIpc) is 2.86. The third kappa shape index (κ3) is 3.02. The van der Waals surface area contributed by atoms with Gasteiger partial charge >= 0.3 is 0 Å². The largest absolute Gasteiger partial charge is 0.245 e. The number of rotatable bonds is 5. The highest BCUT2D eigenvalue weighted by atomic mass is 35.5. The summed E-state index contributed by atoms with van der Waals surface area (Å²) < 4.78 is 1.82. The fraction of sp³-hybridized carbons (Fsp3) is 0.500. The van der Waals surface area contributed by atoms with Gasteiger partial charge < -0.3 is 0 Å². The molecule has 0 amide bonds. The molecule has 0 unspecified atom stereocenters. The van der Waals surface area contributed by atoms with Gasteiger partial charge in [0, 0.05) is 23.2 Å². The molecule has 0 aliphatic heterocycles. The summed E-state index contributed by atoms with van der Waals surface area (Å²) >= 11 is 7.28. The van der Waals surface area contributed by atoms with E-state index in [0.29, 0.717) is 12.4 Å². The van der Waals surface area contributed by atoms with Crippen molar-refractivity contribution in [1.29, 1.82) is 0 Å². The van der Waals surface area contributed by atoms with E-state index in [1.165, 1.54) is 0 Å². The molecule has 4 nitrogen and oxygen atoms in total. The van der Waals surface area contributed by atoms with E-state index in [4.69, 9.17) is 11.6 Å². The number of nitrogens with zero attached hydrogens (tertiary/aromatic N) is 4. The van der Waals surface area contributed by atoms with Gasteiger partial charge in [-0.15, -0.1) is 28.0 Å². The SMILES string of the molecule is Cc1csc(Cn2cc(CCCCl)nn2)n1. The van der Waals surface area contributed by atoms with Gasteiger partial charge in [-0.25, -0.2) is 9.67 Å². The average molecular weight is 257 g/mol. The highest BCUT2D eigenvalue weighted by molar-refractivity contribution is 7.09. The second-order valence-electron chi connectivity index (χ2n) is 3.58.